The summed E-state index contributed by atoms with van der Waals surface area (Å²) in [6.45, 7) is 11.5. The fourth-order valence-electron chi connectivity index (χ4n) is 1.42. The number of carbonyl (C=O) groups excluding carboxylic acids is 1. The molecule has 0 aromatic rings. The molecule has 0 radical (unpaired) electrons. The van der Waals surface area contributed by atoms with Crippen LogP contribution in [0.15, 0.2) is 37.0 Å². The summed E-state index contributed by atoms with van der Waals surface area (Å²) < 4.78 is 4.78. The molecule has 2 nitrogen and oxygen atoms in total. The van der Waals surface area contributed by atoms with Crippen LogP contribution >= 0.6 is 0 Å². The van der Waals surface area contributed by atoms with Crippen molar-refractivity contribution in [3.8, 4) is 0 Å². The quantitative estimate of drug-likeness (QED) is 0.463. The SMILES string of the molecule is C=CCC(CC/C=C/COC(C)=O)C(=C)C. The second kappa shape index (κ2) is 8.96. The van der Waals surface area contributed by atoms with E-state index >= 15 is 0 Å². The lowest BCUT2D eigenvalue weighted by molar-refractivity contribution is -0.139. The van der Waals surface area contributed by atoms with E-state index in [1.807, 2.05) is 18.2 Å². The Hall–Kier alpha value is -1.31. The highest BCUT2D eigenvalue weighted by Gasteiger charge is 2.05. The van der Waals surface area contributed by atoms with Crippen molar-refractivity contribution >= 4 is 5.97 Å². The Morgan fingerprint density at radius 1 is 1.38 bits per heavy atom. The Balaban J connectivity index is 3.72. The molecule has 0 aromatic carbocycles. The lowest BCUT2D eigenvalue weighted by atomic mass is 9.93. The van der Waals surface area contributed by atoms with Crippen molar-refractivity contribution in [2.45, 2.75) is 33.1 Å². The van der Waals surface area contributed by atoms with Gasteiger partial charge in [0, 0.05) is 6.92 Å². The van der Waals surface area contributed by atoms with E-state index < -0.39 is 0 Å². The number of esters is 1. The summed E-state index contributed by atoms with van der Waals surface area (Å²) in [5, 5.41) is 0. The minimum atomic E-state index is -0.240. The summed E-state index contributed by atoms with van der Waals surface area (Å²) in [6, 6.07) is 0. The van der Waals surface area contributed by atoms with Gasteiger partial charge in [-0.2, -0.15) is 0 Å². The normalized spacial score (nSPS) is 12.4. The van der Waals surface area contributed by atoms with Crippen molar-refractivity contribution < 1.29 is 9.53 Å². The first-order valence-corrected chi connectivity index (χ1v) is 5.62. The number of hydrogen-bond donors (Lipinski definition) is 0. The Morgan fingerprint density at radius 3 is 2.56 bits per heavy atom. The predicted octanol–water partition coefficient (Wildman–Crippen LogP) is 3.65. The fourth-order valence-corrected chi connectivity index (χ4v) is 1.42. The highest BCUT2D eigenvalue weighted by atomic mass is 16.5. The summed E-state index contributed by atoms with van der Waals surface area (Å²) >= 11 is 0. The first kappa shape index (κ1) is 14.7. The molecule has 1 unspecified atom stereocenters. The minimum Gasteiger partial charge on any atom is -0.462 e. The number of allylic oxidation sites excluding steroid dienone is 3. The van der Waals surface area contributed by atoms with Crippen LogP contribution in [0.5, 0.6) is 0 Å². The highest BCUT2D eigenvalue weighted by molar-refractivity contribution is 5.65. The van der Waals surface area contributed by atoms with Crippen LogP contribution in [0, 0.1) is 5.92 Å². The molecular weight excluding hydrogens is 200 g/mol. The van der Waals surface area contributed by atoms with Gasteiger partial charge in [0.15, 0.2) is 0 Å². The van der Waals surface area contributed by atoms with Gasteiger partial charge in [-0.1, -0.05) is 30.4 Å². The van der Waals surface area contributed by atoms with Gasteiger partial charge in [-0.15, -0.1) is 6.58 Å². The van der Waals surface area contributed by atoms with Crippen LogP contribution in [-0.2, 0) is 9.53 Å². The molecule has 2 heteroatoms. The maximum absolute atomic E-state index is 10.5. The van der Waals surface area contributed by atoms with Crippen LogP contribution in [0.3, 0.4) is 0 Å². The van der Waals surface area contributed by atoms with Gasteiger partial charge in [0.25, 0.3) is 0 Å². The van der Waals surface area contributed by atoms with Crippen molar-refractivity contribution in [1.82, 2.24) is 0 Å². The van der Waals surface area contributed by atoms with E-state index in [9.17, 15) is 4.79 Å². The van der Waals surface area contributed by atoms with Gasteiger partial charge in [-0.3, -0.25) is 4.79 Å². The van der Waals surface area contributed by atoms with Crippen LogP contribution in [0.1, 0.15) is 33.1 Å². The summed E-state index contributed by atoms with van der Waals surface area (Å²) in [5.41, 5.74) is 1.20. The molecular formula is C14H22O2. The summed E-state index contributed by atoms with van der Waals surface area (Å²) in [4.78, 5) is 10.5. The van der Waals surface area contributed by atoms with E-state index in [4.69, 9.17) is 4.74 Å². The second-order valence-corrected chi connectivity index (χ2v) is 3.92. The topological polar surface area (TPSA) is 26.3 Å². The number of rotatable bonds is 8. The lowest BCUT2D eigenvalue weighted by Gasteiger charge is -2.13. The van der Waals surface area contributed by atoms with Gasteiger partial charge in [-0.25, -0.2) is 0 Å². The monoisotopic (exact) mass is 222 g/mol. The van der Waals surface area contributed by atoms with E-state index in [1.54, 1.807) is 0 Å². The van der Waals surface area contributed by atoms with Gasteiger partial charge in [-0.05, 0) is 32.1 Å². The zero-order chi connectivity index (χ0) is 12.4. The van der Waals surface area contributed by atoms with E-state index in [0.29, 0.717) is 12.5 Å². The van der Waals surface area contributed by atoms with Crippen molar-refractivity contribution in [1.29, 1.82) is 0 Å². The van der Waals surface area contributed by atoms with E-state index in [1.165, 1.54) is 12.5 Å². The predicted molar refractivity (Wildman–Crippen MR) is 68.1 cm³/mol. The first-order valence-electron chi connectivity index (χ1n) is 5.62. The van der Waals surface area contributed by atoms with Crippen molar-refractivity contribution in [3.63, 3.8) is 0 Å². The summed E-state index contributed by atoms with van der Waals surface area (Å²) in [5.74, 6) is 0.270. The smallest absolute Gasteiger partial charge is 0.302 e. The van der Waals surface area contributed by atoms with Gasteiger partial charge in [0.2, 0.25) is 0 Å². The maximum atomic E-state index is 10.5. The molecule has 0 saturated carbocycles. The van der Waals surface area contributed by atoms with Crippen molar-refractivity contribution in [2.75, 3.05) is 6.61 Å². The molecule has 0 rings (SSSR count). The number of hydrogen-bond acceptors (Lipinski definition) is 2. The molecule has 0 spiro atoms. The molecule has 0 fully saturated rings. The van der Waals surface area contributed by atoms with E-state index in [2.05, 4.69) is 20.1 Å². The molecule has 0 aliphatic heterocycles. The van der Waals surface area contributed by atoms with Crippen LogP contribution in [0.25, 0.3) is 0 Å². The Morgan fingerprint density at radius 2 is 2.06 bits per heavy atom. The number of ether oxygens (including phenoxy) is 1. The van der Waals surface area contributed by atoms with Crippen LogP contribution in [0.2, 0.25) is 0 Å². The molecule has 0 saturated heterocycles. The van der Waals surface area contributed by atoms with Crippen molar-refractivity contribution in [3.05, 3.63) is 37.0 Å². The second-order valence-electron chi connectivity index (χ2n) is 3.92. The van der Waals surface area contributed by atoms with Crippen LogP contribution in [0.4, 0.5) is 0 Å². The first-order chi connectivity index (χ1) is 7.57. The third kappa shape index (κ3) is 8.04. The molecule has 1 atom stereocenters. The lowest BCUT2D eigenvalue weighted by Crippen LogP contribution is -2.00. The molecule has 0 amide bonds. The molecule has 0 N–H and O–H groups in total. The largest absolute Gasteiger partial charge is 0.462 e. The molecule has 0 bridgehead atoms. The van der Waals surface area contributed by atoms with E-state index in [-0.39, 0.29) is 5.97 Å². The minimum absolute atomic E-state index is 0.240. The zero-order valence-electron chi connectivity index (χ0n) is 10.4. The standard InChI is InChI=1S/C14H22O2/c1-5-9-14(12(2)3)10-7-6-8-11-16-13(4)15/h5-6,8,14H,1-2,7,9-11H2,3-4H3/b8-6+. The molecule has 0 heterocycles. The molecule has 0 aliphatic rings. The maximum Gasteiger partial charge on any atom is 0.302 e. The Labute approximate surface area is 98.7 Å². The molecule has 0 aliphatic carbocycles. The third-order valence-corrected chi connectivity index (χ3v) is 2.38. The average Bonchev–Trinajstić information content (AvgIpc) is 2.20. The van der Waals surface area contributed by atoms with Crippen LogP contribution < -0.4 is 0 Å². The summed E-state index contributed by atoms with van der Waals surface area (Å²) in [7, 11) is 0. The van der Waals surface area contributed by atoms with Crippen molar-refractivity contribution in [2.24, 2.45) is 5.92 Å². The molecule has 16 heavy (non-hydrogen) atoms. The fraction of sp³-hybridized carbons (Fsp3) is 0.500. The van der Waals surface area contributed by atoms with Gasteiger partial charge in [0.1, 0.15) is 6.61 Å². The highest BCUT2D eigenvalue weighted by Crippen LogP contribution is 2.19. The van der Waals surface area contributed by atoms with E-state index in [0.717, 1.165) is 19.3 Å². The van der Waals surface area contributed by atoms with Gasteiger partial charge in [0.05, 0.1) is 0 Å². The molecule has 0 aromatic heterocycles. The van der Waals surface area contributed by atoms with Gasteiger partial charge >= 0.3 is 5.97 Å². The number of carbonyl (C=O) groups is 1. The Bertz CT molecular complexity index is 264. The molecule has 90 valence electrons. The van der Waals surface area contributed by atoms with Gasteiger partial charge < -0.3 is 4.74 Å². The summed E-state index contributed by atoms with van der Waals surface area (Å²) in [6.07, 6.45) is 8.88. The Kier molecular flexibility index (Phi) is 8.22. The zero-order valence-corrected chi connectivity index (χ0v) is 10.4. The van der Waals surface area contributed by atoms with Crippen LogP contribution in [-0.4, -0.2) is 12.6 Å². The third-order valence-electron chi connectivity index (χ3n) is 2.38. The average molecular weight is 222 g/mol.